The zero-order chi connectivity index (χ0) is 20.3. The van der Waals surface area contributed by atoms with Gasteiger partial charge in [0.15, 0.2) is 0 Å². The van der Waals surface area contributed by atoms with Gasteiger partial charge in [-0.2, -0.15) is 0 Å². The zero-order valence-corrected chi connectivity index (χ0v) is 16.2. The molecule has 148 valence electrons. The second-order valence-corrected chi connectivity index (χ2v) is 6.75. The number of nitrogens with one attached hydrogen (secondary N) is 1. The smallest absolute Gasteiger partial charge is 0.408 e. The Balaban J connectivity index is 2.66. The minimum atomic E-state index is -0.702. The highest BCUT2D eigenvalue weighted by atomic mass is 16.6. The van der Waals surface area contributed by atoms with Crippen LogP contribution >= 0.6 is 0 Å². The highest BCUT2D eigenvalue weighted by molar-refractivity contribution is 5.91. The van der Waals surface area contributed by atoms with Gasteiger partial charge >= 0.3 is 18.0 Å². The Morgan fingerprint density at radius 3 is 2.19 bits per heavy atom. The number of amides is 1. The van der Waals surface area contributed by atoms with E-state index in [2.05, 4.69) is 10.1 Å². The molecule has 0 radical (unpaired) electrons. The van der Waals surface area contributed by atoms with E-state index in [1.165, 1.54) is 0 Å². The normalized spacial score (nSPS) is 12.3. The molecule has 0 aliphatic rings. The molecular formula is C20H27NO6. The van der Waals surface area contributed by atoms with Crippen LogP contribution in [0.15, 0.2) is 42.5 Å². The largest absolute Gasteiger partial charge is 0.463 e. The van der Waals surface area contributed by atoms with Crippen LogP contribution in [0.4, 0.5) is 4.79 Å². The molecule has 0 spiro atoms. The number of hydrogen-bond donors (Lipinski definition) is 1. The first-order valence-corrected chi connectivity index (χ1v) is 8.74. The van der Waals surface area contributed by atoms with Gasteiger partial charge in [-0.05, 0) is 39.7 Å². The van der Waals surface area contributed by atoms with E-state index in [-0.39, 0.29) is 13.2 Å². The maximum Gasteiger partial charge on any atom is 0.408 e. The molecule has 0 saturated heterocycles. The quantitative estimate of drug-likeness (QED) is 0.426. The molecule has 0 fully saturated rings. The number of alkyl carbamates (subject to hydrolysis) is 1. The van der Waals surface area contributed by atoms with Gasteiger partial charge in [0, 0.05) is 12.2 Å². The van der Waals surface area contributed by atoms with Gasteiger partial charge in [-0.25, -0.2) is 14.4 Å². The van der Waals surface area contributed by atoms with Crippen molar-refractivity contribution in [1.82, 2.24) is 5.32 Å². The predicted molar refractivity (Wildman–Crippen MR) is 100 cm³/mol. The lowest BCUT2D eigenvalue weighted by molar-refractivity contribution is -0.140. The number of hydrogen-bond acceptors (Lipinski definition) is 6. The maximum atomic E-state index is 12.0. The van der Waals surface area contributed by atoms with Crippen molar-refractivity contribution in [2.24, 2.45) is 0 Å². The van der Waals surface area contributed by atoms with Crippen LogP contribution in [0.25, 0.3) is 0 Å². The molecular weight excluding hydrogens is 350 g/mol. The highest BCUT2D eigenvalue weighted by Crippen LogP contribution is 2.09. The van der Waals surface area contributed by atoms with Gasteiger partial charge in [-0.1, -0.05) is 30.3 Å². The molecule has 0 saturated carbocycles. The molecule has 1 amide bonds. The molecule has 1 aromatic rings. The molecule has 7 nitrogen and oxygen atoms in total. The van der Waals surface area contributed by atoms with Crippen LogP contribution in [-0.4, -0.2) is 42.9 Å². The molecule has 0 unspecified atom stereocenters. The summed E-state index contributed by atoms with van der Waals surface area (Å²) in [7, 11) is 0. The van der Waals surface area contributed by atoms with E-state index in [0.717, 1.165) is 17.7 Å². The SMILES string of the molecule is CCOC(=O)/C=C\C(=O)OC[C@H](Cc1ccccc1)NC(=O)OC(C)(C)C. The minimum Gasteiger partial charge on any atom is -0.463 e. The third-order valence-electron chi connectivity index (χ3n) is 3.11. The van der Waals surface area contributed by atoms with Crippen molar-refractivity contribution in [2.45, 2.75) is 45.8 Å². The standard InChI is InChI=1S/C20H27NO6/c1-5-25-17(22)11-12-18(23)26-14-16(13-15-9-7-6-8-10-15)21-19(24)27-20(2,3)4/h6-12,16H,5,13-14H2,1-4H3,(H,21,24)/b12-11-/t16-/m0/s1. The lowest BCUT2D eigenvalue weighted by Crippen LogP contribution is -2.43. The number of carbonyl (C=O) groups is 3. The molecule has 0 bridgehead atoms. The summed E-state index contributed by atoms with van der Waals surface area (Å²) in [4.78, 5) is 35.0. The summed E-state index contributed by atoms with van der Waals surface area (Å²) in [5.41, 5.74) is 0.331. The first kappa shape index (κ1) is 22.2. The predicted octanol–water partition coefficient (Wildman–Crippen LogP) is 2.78. The van der Waals surface area contributed by atoms with Crippen molar-refractivity contribution in [3.63, 3.8) is 0 Å². The average molecular weight is 377 g/mol. The van der Waals surface area contributed by atoms with Crippen LogP contribution in [0, 0.1) is 0 Å². The Morgan fingerprint density at radius 2 is 1.63 bits per heavy atom. The fraction of sp³-hybridized carbons (Fsp3) is 0.450. The Labute approximate surface area is 159 Å². The summed E-state index contributed by atoms with van der Waals surface area (Å²) in [6, 6.07) is 8.99. The van der Waals surface area contributed by atoms with Crippen LogP contribution in [-0.2, 0) is 30.2 Å². The third kappa shape index (κ3) is 10.7. The number of ether oxygens (including phenoxy) is 3. The lowest BCUT2D eigenvalue weighted by atomic mass is 10.1. The van der Waals surface area contributed by atoms with E-state index in [9.17, 15) is 14.4 Å². The van der Waals surface area contributed by atoms with Crippen molar-refractivity contribution >= 4 is 18.0 Å². The van der Waals surface area contributed by atoms with Crippen molar-refractivity contribution in [3.05, 3.63) is 48.0 Å². The van der Waals surface area contributed by atoms with Crippen LogP contribution in [0.3, 0.4) is 0 Å². The maximum absolute atomic E-state index is 12.0. The third-order valence-corrected chi connectivity index (χ3v) is 3.11. The van der Waals surface area contributed by atoms with Crippen molar-refractivity contribution < 1.29 is 28.6 Å². The molecule has 27 heavy (non-hydrogen) atoms. The summed E-state index contributed by atoms with van der Waals surface area (Å²) in [6.45, 7) is 7.11. The summed E-state index contributed by atoms with van der Waals surface area (Å²) < 4.78 is 15.1. The van der Waals surface area contributed by atoms with E-state index in [4.69, 9.17) is 9.47 Å². The summed E-state index contributed by atoms with van der Waals surface area (Å²) >= 11 is 0. The average Bonchev–Trinajstić information content (AvgIpc) is 2.57. The Hall–Kier alpha value is -2.83. The van der Waals surface area contributed by atoms with E-state index in [1.54, 1.807) is 27.7 Å². The second kappa shape index (κ2) is 11.0. The molecule has 0 aliphatic heterocycles. The molecule has 1 atom stereocenters. The summed E-state index contributed by atoms with van der Waals surface area (Å²) in [6.07, 6.45) is 1.85. The Bertz CT molecular complexity index is 648. The van der Waals surface area contributed by atoms with Gasteiger partial charge in [0.2, 0.25) is 0 Å². The lowest BCUT2D eigenvalue weighted by Gasteiger charge is -2.23. The first-order chi connectivity index (χ1) is 12.7. The zero-order valence-electron chi connectivity index (χ0n) is 16.2. The van der Waals surface area contributed by atoms with E-state index < -0.39 is 29.7 Å². The number of rotatable bonds is 8. The fourth-order valence-corrected chi connectivity index (χ4v) is 2.08. The number of esters is 2. The topological polar surface area (TPSA) is 90.9 Å². The monoisotopic (exact) mass is 377 g/mol. The van der Waals surface area contributed by atoms with Gasteiger partial charge < -0.3 is 19.5 Å². The van der Waals surface area contributed by atoms with Crippen LogP contribution < -0.4 is 5.32 Å². The molecule has 0 heterocycles. The van der Waals surface area contributed by atoms with E-state index in [0.29, 0.717) is 6.42 Å². The Morgan fingerprint density at radius 1 is 1.04 bits per heavy atom. The summed E-state index contributed by atoms with van der Waals surface area (Å²) in [5.74, 6) is -1.32. The number of carbonyl (C=O) groups excluding carboxylic acids is 3. The Kier molecular flexibility index (Phi) is 9.05. The first-order valence-electron chi connectivity index (χ1n) is 8.74. The van der Waals surface area contributed by atoms with E-state index >= 15 is 0 Å². The molecule has 7 heteroatoms. The van der Waals surface area contributed by atoms with Crippen molar-refractivity contribution in [3.8, 4) is 0 Å². The minimum absolute atomic E-state index is 0.0693. The van der Waals surface area contributed by atoms with Gasteiger partial charge in [0.05, 0.1) is 12.6 Å². The van der Waals surface area contributed by atoms with Gasteiger partial charge in [-0.15, -0.1) is 0 Å². The van der Waals surface area contributed by atoms with Crippen LogP contribution in [0.5, 0.6) is 0 Å². The second-order valence-electron chi connectivity index (χ2n) is 6.75. The van der Waals surface area contributed by atoms with Crippen molar-refractivity contribution in [2.75, 3.05) is 13.2 Å². The molecule has 0 aliphatic carbocycles. The molecule has 1 aromatic carbocycles. The van der Waals surface area contributed by atoms with Crippen LogP contribution in [0.2, 0.25) is 0 Å². The van der Waals surface area contributed by atoms with Crippen molar-refractivity contribution in [1.29, 1.82) is 0 Å². The van der Waals surface area contributed by atoms with Gasteiger partial charge in [0.25, 0.3) is 0 Å². The number of benzene rings is 1. The fourth-order valence-electron chi connectivity index (χ4n) is 2.08. The van der Waals surface area contributed by atoms with Gasteiger partial charge in [-0.3, -0.25) is 0 Å². The van der Waals surface area contributed by atoms with Crippen LogP contribution in [0.1, 0.15) is 33.3 Å². The summed E-state index contributed by atoms with van der Waals surface area (Å²) in [5, 5.41) is 2.71. The molecule has 1 N–H and O–H groups in total. The molecule has 1 rings (SSSR count). The van der Waals surface area contributed by atoms with Gasteiger partial charge in [0.1, 0.15) is 12.2 Å². The molecule has 0 aromatic heterocycles. The van der Waals surface area contributed by atoms with E-state index in [1.807, 2.05) is 30.3 Å². The highest BCUT2D eigenvalue weighted by Gasteiger charge is 2.20.